The van der Waals surface area contributed by atoms with E-state index in [1.165, 1.54) is 12.1 Å². The largest absolute Gasteiger partial charge is 0.351 e. The summed E-state index contributed by atoms with van der Waals surface area (Å²) in [5.74, 6) is -0.932. The Morgan fingerprint density at radius 1 is 1.22 bits per heavy atom. The van der Waals surface area contributed by atoms with E-state index in [4.69, 9.17) is 5.26 Å². The molecule has 2 aromatic carbocycles. The molecule has 1 unspecified atom stereocenters. The fourth-order valence-corrected chi connectivity index (χ4v) is 2.58. The van der Waals surface area contributed by atoms with E-state index in [1.54, 1.807) is 29.9 Å². The molecule has 0 spiro atoms. The fraction of sp³-hybridized carbons (Fsp3) is 0.190. The molecule has 1 atom stereocenters. The molecule has 0 radical (unpaired) electrons. The van der Waals surface area contributed by atoms with Crippen molar-refractivity contribution < 1.29 is 9.18 Å². The highest BCUT2D eigenvalue weighted by Gasteiger charge is 2.19. The van der Waals surface area contributed by atoms with Gasteiger partial charge in [-0.25, -0.2) is 9.07 Å². The molecule has 6 heteroatoms. The Hall–Kier alpha value is -3.46. The maximum Gasteiger partial charge on any atom is 0.255 e. The Balaban J connectivity index is 2.01. The van der Waals surface area contributed by atoms with Crippen molar-refractivity contribution in [2.24, 2.45) is 5.92 Å². The summed E-state index contributed by atoms with van der Waals surface area (Å²) < 4.78 is 14.8. The molecule has 0 saturated heterocycles. The molecular formula is C21H19FN4O. The van der Waals surface area contributed by atoms with Gasteiger partial charge in [0.05, 0.1) is 23.2 Å². The highest BCUT2D eigenvalue weighted by atomic mass is 19.1. The Labute approximate surface area is 157 Å². The van der Waals surface area contributed by atoms with Gasteiger partial charge in [0.25, 0.3) is 5.91 Å². The van der Waals surface area contributed by atoms with E-state index in [0.717, 1.165) is 11.1 Å². The van der Waals surface area contributed by atoms with Crippen molar-refractivity contribution in [3.05, 3.63) is 71.7 Å². The van der Waals surface area contributed by atoms with Gasteiger partial charge in [0.2, 0.25) is 0 Å². The van der Waals surface area contributed by atoms with Crippen LogP contribution in [0.4, 0.5) is 4.39 Å². The van der Waals surface area contributed by atoms with Crippen molar-refractivity contribution in [3.8, 4) is 23.0 Å². The van der Waals surface area contributed by atoms with Gasteiger partial charge in [0.1, 0.15) is 11.5 Å². The SMILES string of the molecule is Cc1ccc(-c2nn(-c3ccc(F)cc3)cc2C(=O)NCC(C)C#N)cc1. The lowest BCUT2D eigenvalue weighted by molar-refractivity contribution is 0.0951. The highest BCUT2D eigenvalue weighted by Crippen LogP contribution is 2.24. The summed E-state index contributed by atoms with van der Waals surface area (Å²) >= 11 is 0. The molecule has 0 aliphatic rings. The van der Waals surface area contributed by atoms with Crippen LogP contribution in [0.5, 0.6) is 0 Å². The molecule has 0 bridgehead atoms. The number of rotatable bonds is 5. The van der Waals surface area contributed by atoms with E-state index in [-0.39, 0.29) is 24.2 Å². The van der Waals surface area contributed by atoms with Crippen molar-refractivity contribution in [2.75, 3.05) is 6.54 Å². The molecule has 0 fully saturated rings. The highest BCUT2D eigenvalue weighted by molar-refractivity contribution is 6.00. The van der Waals surface area contributed by atoms with Crippen molar-refractivity contribution in [2.45, 2.75) is 13.8 Å². The summed E-state index contributed by atoms with van der Waals surface area (Å²) in [6.45, 7) is 3.98. The summed E-state index contributed by atoms with van der Waals surface area (Å²) in [5, 5.41) is 16.2. The second-order valence-corrected chi connectivity index (χ2v) is 6.42. The summed E-state index contributed by atoms with van der Waals surface area (Å²) in [6, 6.07) is 15.7. The number of nitriles is 1. The van der Waals surface area contributed by atoms with E-state index in [9.17, 15) is 9.18 Å². The molecule has 1 N–H and O–H groups in total. The molecule has 3 aromatic rings. The van der Waals surface area contributed by atoms with Gasteiger partial charge < -0.3 is 5.32 Å². The number of aryl methyl sites for hydroxylation is 1. The van der Waals surface area contributed by atoms with Crippen molar-refractivity contribution >= 4 is 5.91 Å². The first kappa shape index (κ1) is 18.3. The monoisotopic (exact) mass is 362 g/mol. The molecule has 0 saturated carbocycles. The van der Waals surface area contributed by atoms with Crippen molar-refractivity contribution in [1.29, 1.82) is 5.26 Å². The number of benzene rings is 2. The number of aromatic nitrogens is 2. The van der Waals surface area contributed by atoms with E-state index >= 15 is 0 Å². The van der Waals surface area contributed by atoms with Gasteiger partial charge in [-0.3, -0.25) is 4.79 Å². The molecule has 1 aromatic heterocycles. The molecule has 3 rings (SSSR count). The molecule has 5 nitrogen and oxygen atoms in total. The molecule has 136 valence electrons. The summed E-state index contributed by atoms with van der Waals surface area (Å²) in [7, 11) is 0. The maximum atomic E-state index is 13.2. The van der Waals surface area contributed by atoms with Crippen LogP contribution in [0.2, 0.25) is 0 Å². The topological polar surface area (TPSA) is 70.7 Å². The first-order valence-electron chi connectivity index (χ1n) is 8.58. The van der Waals surface area contributed by atoms with Crippen LogP contribution in [0.3, 0.4) is 0 Å². The lowest BCUT2D eigenvalue weighted by Crippen LogP contribution is -2.27. The van der Waals surface area contributed by atoms with Crippen LogP contribution < -0.4 is 5.32 Å². The number of carbonyl (C=O) groups excluding carboxylic acids is 1. The maximum absolute atomic E-state index is 13.2. The van der Waals surface area contributed by atoms with Gasteiger partial charge in [0, 0.05) is 18.3 Å². The summed E-state index contributed by atoms with van der Waals surface area (Å²) in [6.07, 6.45) is 1.62. The van der Waals surface area contributed by atoms with Crippen LogP contribution in [0, 0.1) is 30.0 Å². The standard InChI is InChI=1S/C21H19FN4O/c1-14-3-5-16(6-4-14)20-19(21(27)24-12-15(2)11-23)13-26(25-20)18-9-7-17(22)8-10-18/h3-10,13,15H,12H2,1-2H3,(H,24,27). The number of nitrogens with one attached hydrogen (secondary N) is 1. The first-order chi connectivity index (χ1) is 13.0. The number of hydrogen-bond acceptors (Lipinski definition) is 3. The minimum absolute atomic E-state index is 0.254. The molecule has 1 heterocycles. The predicted octanol–water partition coefficient (Wildman–Crippen LogP) is 3.88. The van der Waals surface area contributed by atoms with E-state index in [2.05, 4.69) is 16.5 Å². The van der Waals surface area contributed by atoms with Gasteiger partial charge in [0.15, 0.2) is 0 Å². The van der Waals surface area contributed by atoms with Crippen LogP contribution >= 0.6 is 0 Å². The third-order valence-electron chi connectivity index (χ3n) is 4.16. The second-order valence-electron chi connectivity index (χ2n) is 6.42. The average molecular weight is 362 g/mol. The Kier molecular flexibility index (Phi) is 5.32. The minimum atomic E-state index is -0.340. The molecule has 1 amide bonds. The third-order valence-corrected chi connectivity index (χ3v) is 4.16. The van der Waals surface area contributed by atoms with Crippen LogP contribution in [0.1, 0.15) is 22.8 Å². The molecule has 27 heavy (non-hydrogen) atoms. The van der Waals surface area contributed by atoms with Crippen LogP contribution in [-0.2, 0) is 0 Å². The van der Waals surface area contributed by atoms with Gasteiger partial charge in [-0.05, 0) is 38.1 Å². The van der Waals surface area contributed by atoms with E-state index in [1.807, 2.05) is 31.2 Å². The zero-order valence-corrected chi connectivity index (χ0v) is 15.1. The predicted molar refractivity (Wildman–Crippen MR) is 101 cm³/mol. The number of nitrogens with zero attached hydrogens (tertiary/aromatic N) is 3. The zero-order valence-electron chi connectivity index (χ0n) is 15.1. The lowest BCUT2D eigenvalue weighted by Gasteiger charge is -2.06. The van der Waals surface area contributed by atoms with Crippen molar-refractivity contribution in [1.82, 2.24) is 15.1 Å². The normalized spacial score (nSPS) is 11.6. The van der Waals surface area contributed by atoms with Crippen LogP contribution in [0.25, 0.3) is 16.9 Å². The van der Waals surface area contributed by atoms with Crippen molar-refractivity contribution in [3.63, 3.8) is 0 Å². The quantitative estimate of drug-likeness (QED) is 0.749. The average Bonchev–Trinajstić information content (AvgIpc) is 3.12. The van der Waals surface area contributed by atoms with E-state index < -0.39 is 0 Å². The van der Waals surface area contributed by atoms with Gasteiger partial charge in [-0.15, -0.1) is 0 Å². The summed E-state index contributed by atoms with van der Waals surface area (Å²) in [5.41, 5.74) is 3.48. The Morgan fingerprint density at radius 2 is 1.89 bits per heavy atom. The number of hydrogen-bond donors (Lipinski definition) is 1. The van der Waals surface area contributed by atoms with Gasteiger partial charge in [-0.1, -0.05) is 29.8 Å². The minimum Gasteiger partial charge on any atom is -0.351 e. The molecular weight excluding hydrogens is 343 g/mol. The molecule has 0 aliphatic carbocycles. The third kappa shape index (κ3) is 4.21. The molecule has 0 aliphatic heterocycles. The lowest BCUT2D eigenvalue weighted by atomic mass is 10.1. The Bertz CT molecular complexity index is 985. The van der Waals surface area contributed by atoms with Crippen LogP contribution in [0.15, 0.2) is 54.7 Å². The van der Waals surface area contributed by atoms with E-state index in [0.29, 0.717) is 16.9 Å². The zero-order chi connectivity index (χ0) is 19.4. The van der Waals surface area contributed by atoms with Gasteiger partial charge >= 0.3 is 0 Å². The number of carbonyl (C=O) groups is 1. The van der Waals surface area contributed by atoms with Gasteiger partial charge in [-0.2, -0.15) is 10.4 Å². The number of amides is 1. The summed E-state index contributed by atoms with van der Waals surface area (Å²) in [4.78, 5) is 12.7. The second kappa shape index (κ2) is 7.83. The van der Waals surface area contributed by atoms with Crippen LogP contribution in [-0.4, -0.2) is 22.2 Å². The first-order valence-corrected chi connectivity index (χ1v) is 8.58. The Morgan fingerprint density at radius 3 is 2.52 bits per heavy atom. The number of halogens is 1. The fourth-order valence-electron chi connectivity index (χ4n) is 2.58. The smallest absolute Gasteiger partial charge is 0.255 e.